The average molecular weight is 353 g/mol. The molecule has 26 heavy (non-hydrogen) atoms. The van der Waals surface area contributed by atoms with E-state index >= 15 is 0 Å². The maximum atomic E-state index is 5.97. The summed E-state index contributed by atoms with van der Waals surface area (Å²) in [7, 11) is 2.06. The number of hydrogen-bond donors (Lipinski definition) is 1. The van der Waals surface area contributed by atoms with E-state index in [1.54, 1.807) is 6.33 Å². The van der Waals surface area contributed by atoms with Gasteiger partial charge in [0.1, 0.15) is 23.6 Å². The maximum absolute atomic E-state index is 5.97. The Hall–Kier alpha value is -2.45. The first-order valence-electron chi connectivity index (χ1n) is 9.09. The third kappa shape index (κ3) is 2.75. The van der Waals surface area contributed by atoms with Crippen molar-refractivity contribution >= 4 is 16.9 Å². The normalized spacial score (nSPS) is 24.1. The molecule has 8 heteroatoms. The van der Waals surface area contributed by atoms with Crippen molar-refractivity contribution in [2.45, 2.75) is 12.6 Å². The summed E-state index contributed by atoms with van der Waals surface area (Å²) >= 11 is 0. The number of aromatic amines is 1. The van der Waals surface area contributed by atoms with Crippen LogP contribution in [0.25, 0.3) is 11.0 Å². The number of imidazole rings is 1. The SMILES string of the molecule is Cn1ccnc1CN1C[C@@H]2COC[C@H](C1)N(c1ncnc3[nH]ccc13)C2. The van der Waals surface area contributed by atoms with Crippen molar-refractivity contribution in [3.05, 3.63) is 36.8 Å². The van der Waals surface area contributed by atoms with Gasteiger partial charge >= 0.3 is 0 Å². The zero-order valence-electron chi connectivity index (χ0n) is 14.9. The summed E-state index contributed by atoms with van der Waals surface area (Å²) in [6.45, 7) is 5.31. The highest BCUT2D eigenvalue weighted by atomic mass is 16.5. The molecule has 0 radical (unpaired) electrons. The molecular formula is C18H23N7O. The molecule has 0 spiro atoms. The largest absolute Gasteiger partial charge is 0.379 e. The average Bonchev–Trinajstić information content (AvgIpc) is 3.16. The molecule has 3 aromatic heterocycles. The Morgan fingerprint density at radius 2 is 2.15 bits per heavy atom. The van der Waals surface area contributed by atoms with E-state index < -0.39 is 0 Å². The van der Waals surface area contributed by atoms with Crippen LogP contribution in [0.4, 0.5) is 5.82 Å². The zero-order valence-corrected chi connectivity index (χ0v) is 14.9. The van der Waals surface area contributed by atoms with Gasteiger partial charge in [-0.2, -0.15) is 0 Å². The Morgan fingerprint density at radius 3 is 3.04 bits per heavy atom. The number of fused-ring (bicyclic) bond motifs is 4. The third-order valence-electron chi connectivity index (χ3n) is 5.44. The molecule has 0 unspecified atom stereocenters. The number of rotatable bonds is 3. The molecule has 2 atom stereocenters. The van der Waals surface area contributed by atoms with Crippen molar-refractivity contribution in [2.75, 3.05) is 37.7 Å². The van der Waals surface area contributed by atoms with Gasteiger partial charge in [-0.05, 0) is 6.07 Å². The fourth-order valence-electron chi connectivity index (χ4n) is 4.17. The molecule has 8 nitrogen and oxygen atoms in total. The van der Waals surface area contributed by atoms with Crippen LogP contribution in [0, 0.1) is 5.92 Å². The number of aromatic nitrogens is 5. The van der Waals surface area contributed by atoms with E-state index in [-0.39, 0.29) is 6.04 Å². The number of ether oxygens (including phenoxy) is 1. The number of nitrogens with one attached hydrogen (secondary N) is 1. The van der Waals surface area contributed by atoms with Gasteiger partial charge in [0.2, 0.25) is 0 Å². The Bertz CT molecular complexity index is 904. The number of hydrogen-bond acceptors (Lipinski definition) is 6. The van der Waals surface area contributed by atoms with Gasteiger partial charge < -0.3 is 19.2 Å². The van der Waals surface area contributed by atoms with Crippen LogP contribution < -0.4 is 4.90 Å². The molecule has 3 aromatic rings. The first kappa shape index (κ1) is 15.8. The molecule has 0 aliphatic carbocycles. The lowest BCUT2D eigenvalue weighted by molar-refractivity contribution is 0.0617. The lowest BCUT2D eigenvalue weighted by atomic mass is 10.1. The highest BCUT2D eigenvalue weighted by Crippen LogP contribution is 2.29. The molecule has 5 rings (SSSR count). The van der Waals surface area contributed by atoms with Gasteiger partial charge in [-0.3, -0.25) is 4.90 Å². The third-order valence-corrected chi connectivity index (χ3v) is 5.44. The van der Waals surface area contributed by atoms with Gasteiger partial charge in [0.15, 0.2) is 0 Å². The van der Waals surface area contributed by atoms with E-state index in [0.717, 1.165) is 62.1 Å². The van der Waals surface area contributed by atoms with E-state index in [9.17, 15) is 0 Å². The molecule has 0 aromatic carbocycles. The molecule has 1 N–H and O–H groups in total. The van der Waals surface area contributed by atoms with Crippen molar-refractivity contribution < 1.29 is 4.74 Å². The summed E-state index contributed by atoms with van der Waals surface area (Å²) in [6.07, 6.45) is 7.45. The maximum Gasteiger partial charge on any atom is 0.142 e. The first-order chi connectivity index (χ1) is 12.8. The molecule has 2 saturated heterocycles. The molecule has 2 bridgehead atoms. The van der Waals surface area contributed by atoms with Gasteiger partial charge in [0.05, 0.1) is 31.2 Å². The van der Waals surface area contributed by atoms with Gasteiger partial charge in [-0.1, -0.05) is 0 Å². The van der Waals surface area contributed by atoms with Gasteiger partial charge in [0.25, 0.3) is 0 Å². The summed E-state index contributed by atoms with van der Waals surface area (Å²) < 4.78 is 8.07. The molecule has 2 aliphatic rings. The number of anilines is 1. The van der Waals surface area contributed by atoms with Crippen molar-refractivity contribution in [3.8, 4) is 0 Å². The van der Waals surface area contributed by atoms with E-state index in [1.807, 2.05) is 18.6 Å². The van der Waals surface area contributed by atoms with Crippen molar-refractivity contribution in [3.63, 3.8) is 0 Å². The molecule has 2 fully saturated rings. The van der Waals surface area contributed by atoms with E-state index in [2.05, 4.69) is 47.4 Å². The Labute approximate surface area is 151 Å². The van der Waals surface area contributed by atoms with E-state index in [4.69, 9.17) is 4.74 Å². The van der Waals surface area contributed by atoms with E-state index in [1.165, 1.54) is 0 Å². The molecule has 5 heterocycles. The summed E-state index contributed by atoms with van der Waals surface area (Å²) in [6, 6.07) is 2.34. The Balaban J connectivity index is 1.46. The predicted molar refractivity (Wildman–Crippen MR) is 97.8 cm³/mol. The van der Waals surface area contributed by atoms with Crippen LogP contribution in [-0.4, -0.2) is 68.3 Å². The highest BCUT2D eigenvalue weighted by molar-refractivity contribution is 5.87. The van der Waals surface area contributed by atoms with E-state index in [0.29, 0.717) is 5.92 Å². The summed E-state index contributed by atoms with van der Waals surface area (Å²) in [5.41, 5.74) is 0.888. The Kier molecular flexibility index (Phi) is 3.86. The standard InChI is InChI=1S/C18H23N7O/c1-23-5-4-19-16(23)9-24-6-13-7-25(14(8-24)11-26-10-13)18-15-2-3-20-17(15)21-12-22-18/h2-5,12-14H,6-11H2,1H3,(H,20,21,22)/t13-,14-/m0/s1. The molecule has 136 valence electrons. The van der Waals surface area contributed by atoms with Crippen molar-refractivity contribution in [1.29, 1.82) is 0 Å². The van der Waals surface area contributed by atoms with Crippen LogP contribution in [0.1, 0.15) is 5.82 Å². The van der Waals surface area contributed by atoms with Crippen LogP contribution in [0.5, 0.6) is 0 Å². The Morgan fingerprint density at radius 1 is 1.19 bits per heavy atom. The fourth-order valence-corrected chi connectivity index (χ4v) is 4.17. The predicted octanol–water partition coefficient (Wildman–Crippen LogP) is 1.03. The zero-order chi connectivity index (χ0) is 17.5. The second-order valence-corrected chi connectivity index (χ2v) is 7.30. The number of nitrogens with zero attached hydrogens (tertiary/aromatic N) is 6. The fraction of sp³-hybridized carbons (Fsp3) is 0.500. The summed E-state index contributed by atoms with van der Waals surface area (Å²) in [4.78, 5) is 21.6. The minimum absolute atomic E-state index is 0.274. The molecule has 2 aliphatic heterocycles. The number of aryl methyl sites for hydroxylation is 1. The van der Waals surface area contributed by atoms with Crippen molar-refractivity contribution in [1.82, 2.24) is 29.4 Å². The summed E-state index contributed by atoms with van der Waals surface area (Å²) in [5, 5.41) is 1.08. The minimum atomic E-state index is 0.274. The van der Waals surface area contributed by atoms with Crippen molar-refractivity contribution in [2.24, 2.45) is 13.0 Å². The molecule has 0 amide bonds. The lowest BCUT2D eigenvalue weighted by Gasteiger charge is -2.32. The second kappa shape index (κ2) is 6.37. The molecular weight excluding hydrogens is 330 g/mol. The molecule has 0 saturated carbocycles. The van der Waals surface area contributed by atoms with Crippen LogP contribution in [-0.2, 0) is 18.3 Å². The first-order valence-corrected chi connectivity index (χ1v) is 9.09. The van der Waals surface area contributed by atoms with Crippen LogP contribution in [0.15, 0.2) is 31.0 Å². The lowest BCUT2D eigenvalue weighted by Crippen LogP contribution is -2.44. The van der Waals surface area contributed by atoms with Gasteiger partial charge in [0, 0.05) is 51.2 Å². The smallest absolute Gasteiger partial charge is 0.142 e. The topological polar surface area (TPSA) is 75.1 Å². The van der Waals surface area contributed by atoms with Gasteiger partial charge in [-0.25, -0.2) is 15.0 Å². The minimum Gasteiger partial charge on any atom is -0.379 e. The monoisotopic (exact) mass is 353 g/mol. The number of H-pyrrole nitrogens is 1. The highest BCUT2D eigenvalue weighted by Gasteiger charge is 2.35. The van der Waals surface area contributed by atoms with Crippen LogP contribution in [0.3, 0.4) is 0 Å². The van der Waals surface area contributed by atoms with Crippen LogP contribution >= 0.6 is 0 Å². The van der Waals surface area contributed by atoms with Gasteiger partial charge in [-0.15, -0.1) is 0 Å². The van der Waals surface area contributed by atoms with Crippen LogP contribution in [0.2, 0.25) is 0 Å². The summed E-state index contributed by atoms with van der Waals surface area (Å²) in [5.74, 6) is 2.56. The second-order valence-electron chi connectivity index (χ2n) is 7.30. The quantitative estimate of drug-likeness (QED) is 0.758.